The van der Waals surface area contributed by atoms with E-state index in [1.807, 2.05) is 29.3 Å². The van der Waals surface area contributed by atoms with E-state index in [9.17, 15) is 14.7 Å². The Balaban J connectivity index is 1.09. The fourth-order valence-electron chi connectivity index (χ4n) is 9.55. The fraction of sp³-hybridized carbons (Fsp3) is 0.548. The molecule has 2 N–H and O–H groups in total. The van der Waals surface area contributed by atoms with Crippen molar-refractivity contribution in [3.05, 3.63) is 82.1 Å². The van der Waals surface area contributed by atoms with Gasteiger partial charge in [0, 0.05) is 47.7 Å². The summed E-state index contributed by atoms with van der Waals surface area (Å²) in [7, 11) is 0. The molecule has 1 unspecified atom stereocenters. The van der Waals surface area contributed by atoms with Crippen LogP contribution < -0.4 is 14.8 Å². The SMILES string of the molecule is C[C@@H](COc1ccnc2c1[C@H](C)CCC2)CC1Cc2ccc(OCCCN3CCCC3=O)cc2C12CCC(Nc1cccc(Cl)c1)(C(=O)O)CC2. The van der Waals surface area contributed by atoms with E-state index in [2.05, 4.69) is 42.3 Å². The van der Waals surface area contributed by atoms with Crippen molar-refractivity contribution in [3.63, 3.8) is 0 Å². The highest BCUT2D eigenvalue weighted by Crippen LogP contribution is 2.57. The Kier molecular flexibility index (Phi) is 10.5. The normalized spacial score (nSPS) is 26.1. The first-order chi connectivity index (χ1) is 24.7. The van der Waals surface area contributed by atoms with E-state index in [4.69, 9.17) is 21.1 Å². The number of nitrogens with one attached hydrogen (secondary N) is 1. The summed E-state index contributed by atoms with van der Waals surface area (Å²) in [5.41, 5.74) is 4.61. The molecule has 4 aliphatic rings. The van der Waals surface area contributed by atoms with E-state index in [0.717, 1.165) is 75.2 Å². The maximum atomic E-state index is 13.0. The number of fused-ring (bicyclic) bond motifs is 3. The topological polar surface area (TPSA) is 101 Å². The number of amides is 1. The smallest absolute Gasteiger partial charge is 0.329 e. The third kappa shape index (κ3) is 7.44. The first-order valence-corrected chi connectivity index (χ1v) is 19.5. The van der Waals surface area contributed by atoms with Crippen LogP contribution in [-0.4, -0.2) is 58.7 Å². The lowest BCUT2D eigenvalue weighted by Gasteiger charge is -2.47. The predicted molar refractivity (Wildman–Crippen MR) is 200 cm³/mol. The molecule has 0 radical (unpaired) electrons. The number of aromatic nitrogens is 1. The zero-order valence-electron chi connectivity index (χ0n) is 30.1. The van der Waals surface area contributed by atoms with E-state index < -0.39 is 11.5 Å². The van der Waals surface area contributed by atoms with E-state index >= 15 is 0 Å². The third-order valence-electron chi connectivity index (χ3n) is 12.3. The van der Waals surface area contributed by atoms with Crippen molar-refractivity contribution < 1.29 is 24.2 Å². The van der Waals surface area contributed by atoms with Crippen LogP contribution in [0.25, 0.3) is 0 Å². The number of benzene rings is 2. The van der Waals surface area contributed by atoms with Gasteiger partial charge in [-0.15, -0.1) is 0 Å². The highest BCUT2D eigenvalue weighted by atomic mass is 35.5. The maximum Gasteiger partial charge on any atom is 0.329 e. The van der Waals surface area contributed by atoms with Crippen LogP contribution in [0.15, 0.2) is 54.7 Å². The Labute approximate surface area is 307 Å². The first kappa shape index (κ1) is 35.6. The van der Waals surface area contributed by atoms with E-state index in [1.165, 1.54) is 35.2 Å². The van der Waals surface area contributed by atoms with Crippen molar-refractivity contribution in [2.45, 2.75) is 108 Å². The highest BCUT2D eigenvalue weighted by molar-refractivity contribution is 6.30. The molecule has 3 atom stereocenters. The Morgan fingerprint density at radius 1 is 1.10 bits per heavy atom. The maximum absolute atomic E-state index is 13.0. The summed E-state index contributed by atoms with van der Waals surface area (Å²) in [5.74, 6) is 2.37. The summed E-state index contributed by atoms with van der Waals surface area (Å²) >= 11 is 6.29. The molecule has 3 aliphatic carbocycles. The molecule has 272 valence electrons. The number of carbonyl (C=O) groups excluding carboxylic acids is 1. The largest absolute Gasteiger partial charge is 0.494 e. The summed E-state index contributed by atoms with van der Waals surface area (Å²) in [6.45, 7) is 7.33. The van der Waals surface area contributed by atoms with Crippen LogP contribution in [0.4, 0.5) is 5.69 Å². The molecule has 8 nitrogen and oxygen atoms in total. The average molecular weight is 714 g/mol. The van der Waals surface area contributed by atoms with Gasteiger partial charge in [0.05, 0.1) is 13.2 Å². The standard InChI is InChI=1S/C42H52ClN3O5/c1-28(27-51-37-14-19-44-36-10-3-7-29(2)39(36)37)23-31-24-30-12-13-34(50-22-6-21-46-20-5-11-38(46)47)26-35(30)41(31)15-17-42(18-16-41,40(48)49)45-33-9-4-8-32(43)25-33/h4,8-9,12-14,19,25-26,28-29,31,45H,3,5-7,10-11,15-18,20-24,27H2,1-2H3,(H,48,49)/t28-,29-,31?,41?,42?/m1/s1. The van der Waals surface area contributed by atoms with Crippen molar-refractivity contribution >= 4 is 29.2 Å². The van der Waals surface area contributed by atoms with Crippen LogP contribution in [0.1, 0.15) is 106 Å². The summed E-state index contributed by atoms with van der Waals surface area (Å²) in [5, 5.41) is 14.6. The number of pyridine rings is 1. The van der Waals surface area contributed by atoms with Crippen LogP contribution in [0.2, 0.25) is 5.02 Å². The molecule has 1 amide bonds. The van der Waals surface area contributed by atoms with Crippen molar-refractivity contribution in [1.29, 1.82) is 0 Å². The number of likely N-dealkylation sites (tertiary alicyclic amines) is 1. The number of hydrogen-bond acceptors (Lipinski definition) is 6. The lowest BCUT2D eigenvalue weighted by Crippen LogP contribution is -2.53. The number of anilines is 1. The molecule has 1 aliphatic heterocycles. The van der Waals surface area contributed by atoms with Gasteiger partial charge in [0.25, 0.3) is 0 Å². The third-order valence-corrected chi connectivity index (χ3v) is 12.5. The zero-order chi connectivity index (χ0) is 35.6. The minimum Gasteiger partial charge on any atom is -0.494 e. The zero-order valence-corrected chi connectivity index (χ0v) is 30.9. The van der Waals surface area contributed by atoms with Crippen molar-refractivity contribution in [2.75, 3.05) is 31.6 Å². The molecule has 1 saturated heterocycles. The molecule has 51 heavy (non-hydrogen) atoms. The number of nitrogens with zero attached hydrogens (tertiary/aromatic N) is 2. The second-order valence-corrected chi connectivity index (χ2v) is 16.1. The van der Waals surface area contributed by atoms with E-state index in [1.54, 1.807) is 12.1 Å². The van der Waals surface area contributed by atoms with Crippen LogP contribution >= 0.6 is 11.6 Å². The summed E-state index contributed by atoms with van der Waals surface area (Å²) in [6, 6.07) is 15.9. The molecule has 1 aromatic heterocycles. The van der Waals surface area contributed by atoms with Crippen molar-refractivity contribution in [1.82, 2.24) is 9.88 Å². The predicted octanol–water partition coefficient (Wildman–Crippen LogP) is 8.59. The number of ether oxygens (including phenoxy) is 2. The lowest BCUT2D eigenvalue weighted by atomic mass is 9.59. The number of aryl methyl sites for hydroxylation is 1. The van der Waals surface area contributed by atoms with Gasteiger partial charge in [-0.25, -0.2) is 4.79 Å². The van der Waals surface area contributed by atoms with Gasteiger partial charge in [0.15, 0.2) is 0 Å². The van der Waals surface area contributed by atoms with Gasteiger partial charge in [-0.05, 0) is 141 Å². The summed E-state index contributed by atoms with van der Waals surface area (Å²) in [4.78, 5) is 31.6. The Bertz CT molecular complexity index is 1740. The van der Waals surface area contributed by atoms with Gasteiger partial charge >= 0.3 is 5.97 Å². The lowest BCUT2D eigenvalue weighted by molar-refractivity contribution is -0.144. The Morgan fingerprint density at radius 3 is 2.71 bits per heavy atom. The number of aliphatic carboxylic acids is 1. The first-order valence-electron chi connectivity index (χ1n) is 19.1. The number of rotatable bonds is 13. The number of carbonyl (C=O) groups is 2. The Hall–Kier alpha value is -3.78. The number of halogens is 1. The van der Waals surface area contributed by atoms with Gasteiger partial charge in [0.2, 0.25) is 5.91 Å². The van der Waals surface area contributed by atoms with Crippen molar-refractivity contribution in [3.8, 4) is 11.5 Å². The van der Waals surface area contributed by atoms with Gasteiger partial charge in [-0.1, -0.05) is 37.6 Å². The molecule has 2 heterocycles. The molecular weight excluding hydrogens is 662 g/mol. The molecule has 2 fully saturated rings. The highest BCUT2D eigenvalue weighted by Gasteiger charge is 2.54. The molecule has 2 aromatic carbocycles. The molecule has 1 saturated carbocycles. The number of hydrogen-bond donors (Lipinski definition) is 2. The van der Waals surface area contributed by atoms with Crippen LogP contribution in [0.3, 0.4) is 0 Å². The molecule has 0 bridgehead atoms. The molecule has 9 heteroatoms. The van der Waals surface area contributed by atoms with E-state index in [-0.39, 0.29) is 11.3 Å². The second-order valence-electron chi connectivity index (χ2n) is 15.7. The van der Waals surface area contributed by atoms with E-state index in [0.29, 0.717) is 55.3 Å². The summed E-state index contributed by atoms with van der Waals surface area (Å²) < 4.78 is 12.9. The quantitative estimate of drug-likeness (QED) is 0.171. The van der Waals surface area contributed by atoms with Gasteiger partial charge in [-0.2, -0.15) is 0 Å². The van der Waals surface area contributed by atoms with Crippen LogP contribution in [0, 0.1) is 11.8 Å². The monoisotopic (exact) mass is 713 g/mol. The van der Waals surface area contributed by atoms with Gasteiger partial charge < -0.3 is 24.8 Å². The molecule has 3 aromatic rings. The fourth-order valence-corrected chi connectivity index (χ4v) is 9.74. The molecular formula is C42H52ClN3O5. The van der Waals surface area contributed by atoms with Gasteiger partial charge in [-0.3, -0.25) is 9.78 Å². The van der Waals surface area contributed by atoms with Crippen LogP contribution in [0.5, 0.6) is 11.5 Å². The second kappa shape index (κ2) is 15.1. The number of carboxylic acid groups (broad SMARTS) is 1. The minimum absolute atomic E-state index is 0.162. The van der Waals surface area contributed by atoms with Gasteiger partial charge in [0.1, 0.15) is 17.0 Å². The number of carboxylic acids is 1. The minimum atomic E-state index is -1.07. The van der Waals surface area contributed by atoms with Crippen molar-refractivity contribution in [2.24, 2.45) is 11.8 Å². The van der Waals surface area contributed by atoms with Crippen LogP contribution in [-0.2, 0) is 27.8 Å². The molecule has 1 spiro atoms. The average Bonchev–Trinajstić information content (AvgIpc) is 3.66. The molecule has 7 rings (SSSR count). The Morgan fingerprint density at radius 2 is 1.94 bits per heavy atom. The summed E-state index contributed by atoms with van der Waals surface area (Å²) in [6.07, 6.45) is 12.1.